The van der Waals surface area contributed by atoms with Crippen molar-refractivity contribution < 1.29 is 19.1 Å². The van der Waals surface area contributed by atoms with Gasteiger partial charge in [0.25, 0.3) is 5.91 Å². The highest BCUT2D eigenvalue weighted by molar-refractivity contribution is 5.98. The molecule has 1 saturated heterocycles. The molecule has 5 rings (SSSR count). The van der Waals surface area contributed by atoms with Crippen molar-refractivity contribution in [1.82, 2.24) is 19.8 Å². The lowest BCUT2D eigenvalue weighted by Gasteiger charge is -2.45. The van der Waals surface area contributed by atoms with Gasteiger partial charge in [-0.15, -0.1) is 0 Å². The molecule has 2 fully saturated rings. The van der Waals surface area contributed by atoms with E-state index in [4.69, 9.17) is 10.5 Å². The van der Waals surface area contributed by atoms with Crippen LogP contribution in [0.5, 0.6) is 0 Å². The number of hydrogen-bond donors (Lipinski definition) is 3. The van der Waals surface area contributed by atoms with Gasteiger partial charge in [0.15, 0.2) is 5.82 Å². The van der Waals surface area contributed by atoms with Crippen LogP contribution in [0.25, 0.3) is 0 Å². The monoisotopic (exact) mass is 614 g/mol. The van der Waals surface area contributed by atoms with Gasteiger partial charge in [-0.2, -0.15) is 0 Å². The summed E-state index contributed by atoms with van der Waals surface area (Å²) in [5.74, 6) is -0.695. The molecule has 45 heavy (non-hydrogen) atoms. The van der Waals surface area contributed by atoms with Crippen LogP contribution >= 0.6 is 0 Å². The predicted molar refractivity (Wildman–Crippen MR) is 173 cm³/mol. The molecule has 3 amide bonds. The van der Waals surface area contributed by atoms with E-state index in [0.717, 1.165) is 37.1 Å². The van der Waals surface area contributed by atoms with E-state index in [1.807, 2.05) is 65.6 Å². The smallest absolute Gasteiger partial charge is 0.250 e. The topological polar surface area (TPSA) is 132 Å². The third-order valence-corrected chi connectivity index (χ3v) is 9.15. The van der Waals surface area contributed by atoms with E-state index >= 15 is 0 Å². The molecule has 10 nitrogen and oxygen atoms in total. The molecule has 1 unspecified atom stereocenters. The maximum Gasteiger partial charge on any atom is 0.250 e. The second kappa shape index (κ2) is 14.4. The molecule has 240 valence electrons. The number of likely N-dealkylation sites (tertiary alicyclic amines) is 1. The molecule has 1 aromatic heterocycles. The maximum atomic E-state index is 14.1. The van der Waals surface area contributed by atoms with Crippen molar-refractivity contribution in [1.29, 1.82) is 0 Å². The molecule has 0 bridgehead atoms. The Kier molecular flexibility index (Phi) is 10.4. The zero-order valence-corrected chi connectivity index (χ0v) is 26.4. The van der Waals surface area contributed by atoms with Crippen LogP contribution in [-0.4, -0.2) is 63.4 Å². The molecule has 1 spiro atoms. The summed E-state index contributed by atoms with van der Waals surface area (Å²) in [7, 11) is 0. The first-order chi connectivity index (χ1) is 21.6. The molecule has 2 atom stereocenters. The first-order valence-corrected chi connectivity index (χ1v) is 16.0. The third kappa shape index (κ3) is 8.38. The minimum absolute atomic E-state index is 0.0202. The van der Waals surface area contributed by atoms with Crippen LogP contribution in [0.2, 0.25) is 0 Å². The van der Waals surface area contributed by atoms with Crippen LogP contribution in [-0.2, 0) is 25.7 Å². The van der Waals surface area contributed by atoms with Crippen molar-refractivity contribution in [3.8, 4) is 0 Å². The number of benzene rings is 2. The van der Waals surface area contributed by atoms with Crippen LogP contribution in [0.1, 0.15) is 76.0 Å². The molecule has 10 heteroatoms. The van der Waals surface area contributed by atoms with Crippen molar-refractivity contribution in [2.75, 3.05) is 25.0 Å². The average Bonchev–Trinajstić information content (AvgIpc) is 3.49. The highest BCUT2D eigenvalue weighted by Crippen LogP contribution is 2.44. The number of piperidine rings is 1. The van der Waals surface area contributed by atoms with Gasteiger partial charge in [0.05, 0.1) is 25.1 Å². The number of carbonyl (C=O) groups is 3. The van der Waals surface area contributed by atoms with Gasteiger partial charge in [-0.1, -0.05) is 79.9 Å². The zero-order chi connectivity index (χ0) is 31.9. The summed E-state index contributed by atoms with van der Waals surface area (Å²) in [5, 5.41) is 5.51. The summed E-state index contributed by atoms with van der Waals surface area (Å²) in [6.45, 7) is 4.86. The van der Waals surface area contributed by atoms with E-state index in [-0.39, 0.29) is 24.9 Å². The summed E-state index contributed by atoms with van der Waals surface area (Å²) in [6, 6.07) is 17.6. The first kappa shape index (κ1) is 32.4. The number of ether oxygens (including phenoxy) is 1. The molecule has 0 radical (unpaired) electrons. The number of carbonyl (C=O) groups excluding carboxylic acids is 3. The van der Waals surface area contributed by atoms with Gasteiger partial charge in [0.1, 0.15) is 12.1 Å². The van der Waals surface area contributed by atoms with Gasteiger partial charge in [0, 0.05) is 19.3 Å². The van der Waals surface area contributed by atoms with Crippen LogP contribution in [0.3, 0.4) is 0 Å². The number of amides is 3. The van der Waals surface area contributed by atoms with Crippen molar-refractivity contribution in [3.63, 3.8) is 0 Å². The van der Waals surface area contributed by atoms with Crippen molar-refractivity contribution >= 4 is 23.5 Å². The van der Waals surface area contributed by atoms with Crippen molar-refractivity contribution in [2.24, 2.45) is 11.1 Å². The number of anilines is 1. The molecule has 1 aliphatic heterocycles. The van der Waals surface area contributed by atoms with Gasteiger partial charge in [-0.05, 0) is 56.1 Å². The van der Waals surface area contributed by atoms with E-state index in [0.29, 0.717) is 5.41 Å². The Labute approximate surface area is 265 Å². The van der Waals surface area contributed by atoms with Gasteiger partial charge in [-0.3, -0.25) is 14.4 Å². The van der Waals surface area contributed by atoms with Crippen LogP contribution in [0, 0.1) is 5.41 Å². The number of nitrogens with one attached hydrogen (secondary N) is 2. The fourth-order valence-corrected chi connectivity index (χ4v) is 6.41. The van der Waals surface area contributed by atoms with Crippen LogP contribution in [0.15, 0.2) is 73.2 Å². The number of aromatic nitrogens is 2. The maximum absolute atomic E-state index is 14.1. The van der Waals surface area contributed by atoms with E-state index < -0.39 is 29.4 Å². The fraction of sp³-hybridized carbons (Fsp3) is 0.486. The number of imidazole rings is 1. The molecule has 2 heterocycles. The van der Waals surface area contributed by atoms with E-state index in [9.17, 15) is 14.4 Å². The lowest BCUT2D eigenvalue weighted by Crippen LogP contribution is -2.56. The van der Waals surface area contributed by atoms with Crippen LogP contribution < -0.4 is 16.4 Å². The quantitative estimate of drug-likeness (QED) is 0.293. The normalized spacial score (nSPS) is 17.8. The Hall–Kier alpha value is -4.02. The number of nitrogens with zero attached hydrogens (tertiary/aromatic N) is 3. The Morgan fingerprint density at radius 1 is 0.956 bits per heavy atom. The fourth-order valence-electron chi connectivity index (χ4n) is 6.41. The molecule has 2 aliphatic rings. The molecule has 3 aromatic rings. The molecular weight excluding hydrogens is 568 g/mol. The summed E-state index contributed by atoms with van der Waals surface area (Å²) in [6.07, 6.45) is 11.8. The highest BCUT2D eigenvalue weighted by Gasteiger charge is 2.38. The number of rotatable bonds is 11. The molecule has 4 N–H and O–H groups in total. The SMILES string of the molecule is CC(C)(N)C(=O)N[C@H](COCc1ccccc1)C(=O)Nc1cn(C(C(=O)N2CCC3(CCCCC3)CC2)c2ccccc2)cn1. The largest absolute Gasteiger partial charge is 0.374 e. The van der Waals surface area contributed by atoms with Gasteiger partial charge >= 0.3 is 0 Å². The highest BCUT2D eigenvalue weighted by atomic mass is 16.5. The molecule has 2 aromatic carbocycles. The Morgan fingerprint density at radius 3 is 2.24 bits per heavy atom. The second-order valence-electron chi connectivity index (χ2n) is 13.1. The lowest BCUT2D eigenvalue weighted by atomic mass is 9.68. The predicted octanol–water partition coefficient (Wildman–Crippen LogP) is 4.42. The molecular formula is C35H46N6O4. The Morgan fingerprint density at radius 2 is 1.60 bits per heavy atom. The van der Waals surface area contributed by atoms with Gasteiger partial charge in [0.2, 0.25) is 11.8 Å². The van der Waals surface area contributed by atoms with Crippen molar-refractivity contribution in [3.05, 3.63) is 84.3 Å². The second-order valence-corrected chi connectivity index (χ2v) is 13.1. The van der Waals surface area contributed by atoms with Crippen molar-refractivity contribution in [2.45, 2.75) is 83.0 Å². The summed E-state index contributed by atoms with van der Waals surface area (Å²) in [4.78, 5) is 46.6. The minimum Gasteiger partial charge on any atom is -0.374 e. The lowest BCUT2D eigenvalue weighted by molar-refractivity contribution is -0.136. The summed E-state index contributed by atoms with van der Waals surface area (Å²) < 4.78 is 7.55. The van der Waals surface area contributed by atoms with Crippen LogP contribution in [0.4, 0.5) is 5.82 Å². The average molecular weight is 615 g/mol. The third-order valence-electron chi connectivity index (χ3n) is 9.15. The number of hydrogen-bond acceptors (Lipinski definition) is 6. The van der Waals surface area contributed by atoms with E-state index in [1.54, 1.807) is 30.9 Å². The minimum atomic E-state index is -1.19. The first-order valence-electron chi connectivity index (χ1n) is 16.0. The summed E-state index contributed by atoms with van der Waals surface area (Å²) >= 11 is 0. The summed E-state index contributed by atoms with van der Waals surface area (Å²) in [5.41, 5.74) is 6.98. The van der Waals surface area contributed by atoms with E-state index in [2.05, 4.69) is 15.6 Å². The standard InChI is InChI=1S/C35H46N6O4/c1-34(2,36)33(44)38-28(24-45-23-26-12-6-3-7-13-26)31(42)39-29-22-41(25-37-29)30(27-14-8-4-9-15-27)32(43)40-20-18-35(19-21-40)16-10-5-11-17-35/h3-4,6-9,12-15,22,25,28,30H,5,10-11,16-21,23-24,36H2,1-2H3,(H,38,44)(H,39,42)/t28-,30?/m1/s1. The Bertz CT molecular complexity index is 1420. The zero-order valence-electron chi connectivity index (χ0n) is 26.4. The van der Waals surface area contributed by atoms with Gasteiger partial charge < -0.3 is 30.6 Å². The molecule has 1 saturated carbocycles. The van der Waals surface area contributed by atoms with Gasteiger partial charge in [-0.25, -0.2) is 4.98 Å². The molecule has 1 aliphatic carbocycles. The number of nitrogens with two attached hydrogens (primary N) is 1. The van der Waals surface area contributed by atoms with E-state index in [1.165, 1.54) is 32.1 Å². The Balaban J connectivity index is 1.29.